The minimum absolute atomic E-state index is 0.536. The number of aliphatic imine (C=N–C) groups is 1. The molecule has 0 amide bonds. The van der Waals surface area contributed by atoms with E-state index >= 15 is 0 Å². The molecule has 6 nitrogen and oxygen atoms in total. The molecule has 0 aromatic carbocycles. The molecule has 1 aliphatic carbocycles. The van der Waals surface area contributed by atoms with Crippen molar-refractivity contribution in [2.24, 2.45) is 4.99 Å². The van der Waals surface area contributed by atoms with Crippen LogP contribution in [0.4, 0.5) is 0 Å². The number of rotatable bonds is 4. The van der Waals surface area contributed by atoms with Crippen molar-refractivity contribution in [2.45, 2.75) is 57.1 Å². The fourth-order valence-corrected chi connectivity index (χ4v) is 4.19. The van der Waals surface area contributed by atoms with Crippen molar-refractivity contribution in [3.8, 4) is 0 Å². The Morgan fingerprint density at radius 1 is 1.21 bits per heavy atom. The van der Waals surface area contributed by atoms with Crippen molar-refractivity contribution < 1.29 is 9.84 Å². The molecule has 2 aliphatic heterocycles. The van der Waals surface area contributed by atoms with Gasteiger partial charge in [-0.15, -0.1) is 0 Å². The highest BCUT2D eigenvalue weighted by Gasteiger charge is 2.32. The van der Waals surface area contributed by atoms with Gasteiger partial charge in [-0.3, -0.25) is 9.89 Å². The SMILES string of the molecule is CCNC(=NCC1(O)CCCCC1)N1CCC(N2CCOCC2)C1. The van der Waals surface area contributed by atoms with Gasteiger partial charge < -0.3 is 20.1 Å². The Labute approximate surface area is 146 Å². The van der Waals surface area contributed by atoms with Crippen molar-refractivity contribution in [2.75, 3.05) is 52.5 Å². The third kappa shape index (κ3) is 4.61. The summed E-state index contributed by atoms with van der Waals surface area (Å²) >= 11 is 0. The summed E-state index contributed by atoms with van der Waals surface area (Å²) < 4.78 is 5.47. The van der Waals surface area contributed by atoms with E-state index in [9.17, 15) is 5.11 Å². The van der Waals surface area contributed by atoms with Gasteiger partial charge in [0.2, 0.25) is 0 Å². The number of hydrogen-bond acceptors (Lipinski definition) is 4. The van der Waals surface area contributed by atoms with Crippen LogP contribution in [0.3, 0.4) is 0 Å². The van der Waals surface area contributed by atoms with Crippen molar-refractivity contribution >= 4 is 5.96 Å². The lowest BCUT2D eigenvalue weighted by molar-refractivity contribution is 0.0128. The fraction of sp³-hybridized carbons (Fsp3) is 0.944. The lowest BCUT2D eigenvalue weighted by Crippen LogP contribution is -2.47. The Kier molecular flexibility index (Phi) is 6.36. The molecule has 24 heavy (non-hydrogen) atoms. The van der Waals surface area contributed by atoms with E-state index < -0.39 is 5.60 Å². The summed E-state index contributed by atoms with van der Waals surface area (Å²) in [5, 5.41) is 14.1. The largest absolute Gasteiger partial charge is 0.388 e. The lowest BCUT2D eigenvalue weighted by atomic mass is 9.85. The quantitative estimate of drug-likeness (QED) is 0.593. The van der Waals surface area contributed by atoms with E-state index in [0.29, 0.717) is 12.6 Å². The van der Waals surface area contributed by atoms with E-state index in [1.807, 2.05) is 0 Å². The van der Waals surface area contributed by atoms with E-state index in [-0.39, 0.29) is 0 Å². The Balaban J connectivity index is 1.57. The predicted molar refractivity (Wildman–Crippen MR) is 96.4 cm³/mol. The first-order chi connectivity index (χ1) is 11.7. The third-order valence-electron chi connectivity index (χ3n) is 5.67. The molecule has 3 aliphatic rings. The summed E-state index contributed by atoms with van der Waals surface area (Å²) in [6.07, 6.45) is 6.49. The Bertz CT molecular complexity index is 417. The Hall–Kier alpha value is -0.850. The van der Waals surface area contributed by atoms with Gasteiger partial charge in [0.05, 0.1) is 25.4 Å². The van der Waals surface area contributed by atoms with E-state index in [0.717, 1.165) is 77.6 Å². The fourth-order valence-electron chi connectivity index (χ4n) is 4.19. The third-order valence-corrected chi connectivity index (χ3v) is 5.67. The second kappa shape index (κ2) is 8.50. The molecule has 3 fully saturated rings. The van der Waals surface area contributed by atoms with E-state index in [4.69, 9.17) is 9.73 Å². The summed E-state index contributed by atoms with van der Waals surface area (Å²) in [5.74, 6) is 0.979. The molecule has 3 rings (SSSR count). The van der Waals surface area contributed by atoms with Crippen LogP contribution in [0.2, 0.25) is 0 Å². The summed E-state index contributed by atoms with van der Waals surface area (Å²) in [6, 6.07) is 0.607. The number of guanidine groups is 1. The number of nitrogens with one attached hydrogen (secondary N) is 1. The molecule has 2 heterocycles. The highest BCUT2D eigenvalue weighted by molar-refractivity contribution is 5.80. The molecule has 138 valence electrons. The first-order valence-corrected chi connectivity index (χ1v) is 9.78. The molecule has 6 heteroatoms. The zero-order valence-corrected chi connectivity index (χ0v) is 15.2. The number of hydrogen-bond donors (Lipinski definition) is 2. The molecular formula is C18H34N4O2. The number of morpholine rings is 1. The van der Waals surface area contributed by atoms with Crippen LogP contribution >= 0.6 is 0 Å². The number of likely N-dealkylation sites (tertiary alicyclic amines) is 1. The second-order valence-electron chi connectivity index (χ2n) is 7.49. The van der Waals surface area contributed by atoms with Crippen molar-refractivity contribution in [1.82, 2.24) is 15.1 Å². The van der Waals surface area contributed by atoms with Crippen molar-refractivity contribution in [3.05, 3.63) is 0 Å². The van der Waals surface area contributed by atoms with E-state index in [2.05, 4.69) is 22.0 Å². The second-order valence-corrected chi connectivity index (χ2v) is 7.49. The molecule has 0 radical (unpaired) electrons. The summed E-state index contributed by atoms with van der Waals surface area (Å²) in [5.41, 5.74) is -0.581. The molecular weight excluding hydrogens is 304 g/mol. The maximum absolute atomic E-state index is 10.7. The monoisotopic (exact) mass is 338 g/mol. The Morgan fingerprint density at radius 3 is 2.67 bits per heavy atom. The van der Waals surface area contributed by atoms with Crippen LogP contribution in [0.1, 0.15) is 45.4 Å². The molecule has 1 saturated carbocycles. The smallest absolute Gasteiger partial charge is 0.194 e. The molecule has 0 aromatic rings. The molecule has 1 unspecified atom stereocenters. The van der Waals surface area contributed by atoms with Gasteiger partial charge in [0, 0.05) is 38.8 Å². The maximum Gasteiger partial charge on any atom is 0.194 e. The maximum atomic E-state index is 10.7. The number of aliphatic hydroxyl groups is 1. The minimum atomic E-state index is -0.581. The Morgan fingerprint density at radius 2 is 1.96 bits per heavy atom. The first kappa shape index (κ1) is 18.0. The molecule has 2 N–H and O–H groups in total. The van der Waals surface area contributed by atoms with Crippen LogP contribution in [0.25, 0.3) is 0 Å². The van der Waals surface area contributed by atoms with E-state index in [1.165, 1.54) is 12.8 Å². The van der Waals surface area contributed by atoms with Crippen LogP contribution in [0.15, 0.2) is 4.99 Å². The summed E-state index contributed by atoms with van der Waals surface area (Å²) in [6.45, 7) is 9.41. The number of nitrogens with zero attached hydrogens (tertiary/aromatic N) is 3. The highest BCUT2D eigenvalue weighted by Crippen LogP contribution is 2.28. The lowest BCUT2D eigenvalue weighted by Gasteiger charge is -2.33. The van der Waals surface area contributed by atoms with Gasteiger partial charge in [-0.2, -0.15) is 0 Å². The van der Waals surface area contributed by atoms with Crippen molar-refractivity contribution in [3.63, 3.8) is 0 Å². The molecule has 0 aromatic heterocycles. The molecule has 1 atom stereocenters. The molecule has 0 spiro atoms. The van der Waals surface area contributed by atoms with Gasteiger partial charge >= 0.3 is 0 Å². The van der Waals surface area contributed by atoms with Gasteiger partial charge in [0.25, 0.3) is 0 Å². The van der Waals surface area contributed by atoms with Crippen LogP contribution < -0.4 is 5.32 Å². The van der Waals surface area contributed by atoms with E-state index in [1.54, 1.807) is 0 Å². The predicted octanol–water partition coefficient (Wildman–Crippen LogP) is 1.05. The number of ether oxygens (including phenoxy) is 1. The zero-order valence-electron chi connectivity index (χ0n) is 15.2. The molecule has 0 bridgehead atoms. The average Bonchev–Trinajstić information content (AvgIpc) is 3.10. The normalized spacial score (nSPS) is 29.0. The van der Waals surface area contributed by atoms with Crippen LogP contribution in [-0.4, -0.2) is 85.0 Å². The highest BCUT2D eigenvalue weighted by atomic mass is 16.5. The summed E-state index contributed by atoms with van der Waals surface area (Å²) in [7, 11) is 0. The van der Waals surface area contributed by atoms with Gasteiger partial charge in [-0.25, -0.2) is 0 Å². The van der Waals surface area contributed by atoms with Gasteiger partial charge in [-0.05, 0) is 26.2 Å². The van der Waals surface area contributed by atoms with Crippen molar-refractivity contribution in [1.29, 1.82) is 0 Å². The van der Waals surface area contributed by atoms with Gasteiger partial charge in [0.1, 0.15) is 0 Å². The molecule has 2 saturated heterocycles. The summed E-state index contributed by atoms with van der Waals surface area (Å²) in [4.78, 5) is 9.74. The van der Waals surface area contributed by atoms with Gasteiger partial charge in [0.15, 0.2) is 5.96 Å². The minimum Gasteiger partial charge on any atom is -0.388 e. The van der Waals surface area contributed by atoms with Crippen LogP contribution in [0, 0.1) is 0 Å². The average molecular weight is 338 g/mol. The van der Waals surface area contributed by atoms with Crippen LogP contribution in [0.5, 0.6) is 0 Å². The first-order valence-electron chi connectivity index (χ1n) is 9.78. The van der Waals surface area contributed by atoms with Crippen LogP contribution in [-0.2, 0) is 4.74 Å². The van der Waals surface area contributed by atoms with Gasteiger partial charge in [-0.1, -0.05) is 19.3 Å². The standard InChI is InChI=1S/C18H34N4O2/c1-2-19-17(20-15-18(23)7-4-3-5-8-18)22-9-6-16(14-22)21-10-12-24-13-11-21/h16,23H,2-15H2,1H3,(H,19,20). The zero-order chi connectivity index (χ0) is 16.8. The topological polar surface area (TPSA) is 60.3 Å².